The smallest absolute Gasteiger partial charge is 0.330 e. The van der Waals surface area contributed by atoms with Crippen molar-refractivity contribution in [1.29, 1.82) is 0 Å². The van der Waals surface area contributed by atoms with Gasteiger partial charge in [-0.05, 0) is 25.3 Å². The fourth-order valence-electron chi connectivity index (χ4n) is 1.33. The lowest BCUT2D eigenvalue weighted by molar-refractivity contribution is -0.134. The molecule has 3 nitrogen and oxygen atoms in total. The molecule has 1 atom stereocenters. The van der Waals surface area contributed by atoms with Crippen molar-refractivity contribution in [3.8, 4) is 0 Å². The molecule has 1 unspecified atom stereocenters. The number of rotatable bonds is 2. The van der Waals surface area contributed by atoms with E-state index in [4.69, 9.17) is 0 Å². The van der Waals surface area contributed by atoms with Crippen LogP contribution < -0.4 is 5.32 Å². The fraction of sp³-hybridized carbons (Fsp3) is 0.667. The normalized spacial score (nSPS) is 22.4. The summed E-state index contributed by atoms with van der Waals surface area (Å²) in [4.78, 5) is 10.7. The number of methoxy groups -OCH3 is 1. The van der Waals surface area contributed by atoms with Crippen LogP contribution in [0, 0.1) is 5.92 Å². The number of nitrogens with one attached hydrogen (secondary N) is 1. The van der Waals surface area contributed by atoms with Crippen LogP contribution in [-0.2, 0) is 9.53 Å². The summed E-state index contributed by atoms with van der Waals surface area (Å²) >= 11 is 0. The van der Waals surface area contributed by atoms with Gasteiger partial charge >= 0.3 is 5.97 Å². The number of hydrogen-bond donors (Lipinski definition) is 1. The maximum Gasteiger partial charge on any atom is 0.330 e. The van der Waals surface area contributed by atoms with Crippen LogP contribution in [0.15, 0.2) is 12.2 Å². The Morgan fingerprint density at radius 2 is 2.38 bits per heavy atom. The maximum atomic E-state index is 10.7. The fourth-order valence-corrected chi connectivity index (χ4v) is 1.33. The number of ether oxygens (including phenoxy) is 1. The monoisotopic (exact) mass is 205 g/mol. The molecule has 1 N–H and O–H groups in total. The van der Waals surface area contributed by atoms with E-state index in [1.807, 2.05) is 6.08 Å². The van der Waals surface area contributed by atoms with E-state index in [1.165, 1.54) is 26.0 Å². The summed E-state index contributed by atoms with van der Waals surface area (Å²) in [6.45, 7) is 2.08. The molecule has 0 aromatic heterocycles. The van der Waals surface area contributed by atoms with Crippen LogP contribution in [0.25, 0.3) is 0 Å². The Kier molecular flexibility index (Phi) is 6.63. The molecule has 0 aromatic carbocycles. The van der Waals surface area contributed by atoms with Gasteiger partial charge in [-0.3, -0.25) is 0 Å². The number of carbonyl (C=O) groups excluding carboxylic acids is 1. The SMILES string of the molecule is COC(=O)C=CC1CCCNC1.Cl. The third-order valence-corrected chi connectivity index (χ3v) is 2.04. The first-order chi connectivity index (χ1) is 5.83. The summed E-state index contributed by atoms with van der Waals surface area (Å²) in [6.07, 6.45) is 5.80. The van der Waals surface area contributed by atoms with Crippen molar-refractivity contribution in [3.05, 3.63) is 12.2 Å². The van der Waals surface area contributed by atoms with E-state index in [0.29, 0.717) is 5.92 Å². The van der Waals surface area contributed by atoms with Crippen LogP contribution in [0.3, 0.4) is 0 Å². The number of hydrogen-bond acceptors (Lipinski definition) is 3. The van der Waals surface area contributed by atoms with Crippen molar-refractivity contribution < 1.29 is 9.53 Å². The van der Waals surface area contributed by atoms with Crippen molar-refractivity contribution >= 4 is 18.4 Å². The van der Waals surface area contributed by atoms with Crippen molar-refractivity contribution in [2.45, 2.75) is 12.8 Å². The largest absolute Gasteiger partial charge is 0.466 e. The van der Waals surface area contributed by atoms with Crippen LogP contribution in [-0.4, -0.2) is 26.2 Å². The molecule has 0 spiro atoms. The van der Waals surface area contributed by atoms with Gasteiger partial charge in [-0.1, -0.05) is 6.08 Å². The summed E-state index contributed by atoms with van der Waals surface area (Å²) in [5, 5.41) is 3.27. The zero-order valence-electron chi connectivity index (χ0n) is 7.79. The van der Waals surface area contributed by atoms with Gasteiger partial charge in [0.15, 0.2) is 0 Å². The molecule has 1 heterocycles. The molecule has 0 bridgehead atoms. The van der Waals surface area contributed by atoms with Crippen molar-refractivity contribution in [2.24, 2.45) is 5.92 Å². The van der Waals surface area contributed by atoms with Gasteiger partial charge in [0.2, 0.25) is 0 Å². The lowest BCUT2D eigenvalue weighted by atomic mass is 9.99. The minimum Gasteiger partial charge on any atom is -0.466 e. The lowest BCUT2D eigenvalue weighted by Crippen LogP contribution is -2.28. The summed E-state index contributed by atoms with van der Waals surface area (Å²) in [6, 6.07) is 0. The standard InChI is InChI=1S/C9H15NO2.ClH/c1-12-9(11)5-4-8-3-2-6-10-7-8;/h4-5,8,10H,2-3,6-7H2,1H3;1H. The lowest BCUT2D eigenvalue weighted by Gasteiger charge is -2.18. The molecule has 1 saturated heterocycles. The Bertz CT molecular complexity index is 176. The molecule has 0 radical (unpaired) electrons. The first-order valence-corrected chi connectivity index (χ1v) is 4.30. The molecule has 1 aliphatic heterocycles. The molecule has 0 amide bonds. The van der Waals surface area contributed by atoms with Gasteiger partial charge in [0.1, 0.15) is 0 Å². The molecule has 4 heteroatoms. The highest BCUT2D eigenvalue weighted by Gasteiger charge is 2.09. The molecule has 1 aliphatic rings. The summed E-state index contributed by atoms with van der Waals surface area (Å²) < 4.78 is 4.50. The van der Waals surface area contributed by atoms with Crippen molar-refractivity contribution in [1.82, 2.24) is 5.32 Å². The Hall–Kier alpha value is -0.540. The molecule has 0 saturated carbocycles. The van der Waals surface area contributed by atoms with Crippen molar-refractivity contribution in [2.75, 3.05) is 20.2 Å². The number of esters is 1. The Morgan fingerprint density at radius 1 is 1.62 bits per heavy atom. The molecular weight excluding hydrogens is 190 g/mol. The van der Waals surface area contributed by atoms with Gasteiger partial charge in [0, 0.05) is 12.6 Å². The predicted molar refractivity (Wildman–Crippen MR) is 54.0 cm³/mol. The van der Waals surface area contributed by atoms with Gasteiger partial charge in [-0.2, -0.15) is 0 Å². The predicted octanol–water partition coefficient (Wildman–Crippen LogP) is 1.14. The van der Waals surface area contributed by atoms with E-state index < -0.39 is 0 Å². The van der Waals surface area contributed by atoms with E-state index in [2.05, 4.69) is 10.1 Å². The van der Waals surface area contributed by atoms with Crippen LogP contribution in [0.5, 0.6) is 0 Å². The second-order valence-corrected chi connectivity index (χ2v) is 2.99. The van der Waals surface area contributed by atoms with Crippen molar-refractivity contribution in [3.63, 3.8) is 0 Å². The topological polar surface area (TPSA) is 38.3 Å². The van der Waals surface area contributed by atoms with Gasteiger partial charge < -0.3 is 10.1 Å². The average molecular weight is 206 g/mol. The minimum absolute atomic E-state index is 0. The van der Waals surface area contributed by atoms with E-state index >= 15 is 0 Å². The van der Waals surface area contributed by atoms with E-state index in [1.54, 1.807) is 0 Å². The molecule has 1 fully saturated rings. The number of halogens is 1. The highest BCUT2D eigenvalue weighted by atomic mass is 35.5. The first-order valence-electron chi connectivity index (χ1n) is 4.30. The van der Waals surface area contributed by atoms with Gasteiger partial charge in [-0.25, -0.2) is 4.79 Å². The molecule has 0 aromatic rings. The second kappa shape index (κ2) is 6.92. The van der Waals surface area contributed by atoms with Gasteiger partial charge in [0.25, 0.3) is 0 Å². The molecular formula is C9H16ClNO2. The van der Waals surface area contributed by atoms with Gasteiger partial charge in [-0.15, -0.1) is 12.4 Å². The summed E-state index contributed by atoms with van der Waals surface area (Å²) in [7, 11) is 1.39. The third-order valence-electron chi connectivity index (χ3n) is 2.04. The summed E-state index contributed by atoms with van der Waals surface area (Å²) in [5.41, 5.74) is 0. The number of piperidine rings is 1. The molecule has 0 aliphatic carbocycles. The average Bonchev–Trinajstić information content (AvgIpc) is 2.16. The molecule has 76 valence electrons. The first kappa shape index (κ1) is 12.5. The Labute approximate surface area is 84.9 Å². The zero-order chi connectivity index (χ0) is 8.81. The molecule has 1 rings (SSSR count). The van der Waals surface area contributed by atoms with Crippen LogP contribution in [0.1, 0.15) is 12.8 Å². The van der Waals surface area contributed by atoms with E-state index in [-0.39, 0.29) is 18.4 Å². The summed E-state index contributed by atoms with van der Waals surface area (Å²) in [5.74, 6) is 0.235. The highest BCUT2D eigenvalue weighted by Crippen LogP contribution is 2.10. The highest BCUT2D eigenvalue weighted by molar-refractivity contribution is 5.85. The Balaban J connectivity index is 0.00000144. The van der Waals surface area contributed by atoms with Crippen LogP contribution in [0.2, 0.25) is 0 Å². The maximum absolute atomic E-state index is 10.7. The van der Waals surface area contributed by atoms with E-state index in [0.717, 1.165) is 13.1 Å². The van der Waals surface area contributed by atoms with Crippen LogP contribution in [0.4, 0.5) is 0 Å². The zero-order valence-corrected chi connectivity index (χ0v) is 8.60. The van der Waals surface area contributed by atoms with Crippen LogP contribution >= 0.6 is 12.4 Å². The Morgan fingerprint density at radius 3 is 2.92 bits per heavy atom. The number of carbonyl (C=O) groups is 1. The molecule has 13 heavy (non-hydrogen) atoms. The third kappa shape index (κ3) is 4.90. The van der Waals surface area contributed by atoms with Gasteiger partial charge in [0.05, 0.1) is 7.11 Å². The minimum atomic E-state index is -0.263. The second-order valence-electron chi connectivity index (χ2n) is 2.99. The van der Waals surface area contributed by atoms with E-state index in [9.17, 15) is 4.79 Å². The quantitative estimate of drug-likeness (QED) is 0.543.